The Kier molecular flexibility index (Phi) is 3.90. The molecule has 1 aliphatic heterocycles. The average molecular weight is 213 g/mol. The Morgan fingerprint density at radius 1 is 1.53 bits per heavy atom. The Balaban J connectivity index is 2.54. The summed E-state index contributed by atoms with van der Waals surface area (Å²) in [5.74, 6) is 0. The van der Waals surface area contributed by atoms with Crippen LogP contribution in [0.4, 0.5) is 0 Å². The highest BCUT2D eigenvalue weighted by molar-refractivity contribution is 5.58. The van der Waals surface area contributed by atoms with Gasteiger partial charge in [-0.1, -0.05) is 13.8 Å². The summed E-state index contributed by atoms with van der Waals surface area (Å²) in [6.07, 6.45) is 1.99. The minimum absolute atomic E-state index is 0.0736. The monoisotopic (exact) mass is 213 g/mol. The summed E-state index contributed by atoms with van der Waals surface area (Å²) < 4.78 is 5.65. The van der Waals surface area contributed by atoms with E-state index in [-0.39, 0.29) is 11.0 Å². The summed E-state index contributed by atoms with van der Waals surface area (Å²) in [7, 11) is 0. The number of rotatable bonds is 4. The average Bonchev–Trinajstić information content (AvgIpc) is 2.16. The van der Waals surface area contributed by atoms with Gasteiger partial charge in [0.05, 0.1) is 12.2 Å². The number of hydrogen-bond acceptors (Lipinski definition) is 3. The first kappa shape index (κ1) is 12.7. The van der Waals surface area contributed by atoms with Gasteiger partial charge in [0.15, 0.2) is 0 Å². The first-order valence-electron chi connectivity index (χ1n) is 5.73. The second-order valence-corrected chi connectivity index (χ2v) is 5.44. The molecule has 1 atom stereocenters. The topological polar surface area (TPSA) is 29.5 Å². The SMILES string of the molecule is CCC(C)(C=O)CN1CCOC(C)(C)C1. The van der Waals surface area contributed by atoms with Gasteiger partial charge in [0.25, 0.3) is 0 Å². The summed E-state index contributed by atoms with van der Waals surface area (Å²) in [5, 5.41) is 0. The number of morpholine rings is 1. The van der Waals surface area contributed by atoms with Crippen LogP contribution < -0.4 is 0 Å². The summed E-state index contributed by atoms with van der Waals surface area (Å²) in [6, 6.07) is 0. The fraction of sp³-hybridized carbons (Fsp3) is 0.917. The molecular formula is C12H23NO2. The molecule has 1 saturated heterocycles. The van der Waals surface area contributed by atoms with Crippen molar-refractivity contribution in [2.24, 2.45) is 5.41 Å². The van der Waals surface area contributed by atoms with Crippen LogP contribution in [-0.2, 0) is 9.53 Å². The molecule has 3 nitrogen and oxygen atoms in total. The van der Waals surface area contributed by atoms with Gasteiger partial charge in [-0.2, -0.15) is 0 Å². The minimum Gasteiger partial charge on any atom is -0.373 e. The number of nitrogens with zero attached hydrogens (tertiary/aromatic N) is 1. The van der Waals surface area contributed by atoms with E-state index in [2.05, 4.69) is 25.7 Å². The number of ether oxygens (including phenoxy) is 1. The fourth-order valence-electron chi connectivity index (χ4n) is 1.99. The van der Waals surface area contributed by atoms with Crippen LogP contribution >= 0.6 is 0 Å². The third kappa shape index (κ3) is 3.58. The Hall–Kier alpha value is -0.410. The molecule has 0 amide bonds. The first-order valence-corrected chi connectivity index (χ1v) is 5.73. The minimum atomic E-state index is -0.201. The molecule has 1 aliphatic rings. The highest BCUT2D eigenvalue weighted by Crippen LogP contribution is 2.23. The Bertz CT molecular complexity index is 228. The van der Waals surface area contributed by atoms with Crippen molar-refractivity contribution in [1.82, 2.24) is 4.90 Å². The van der Waals surface area contributed by atoms with Crippen molar-refractivity contribution in [1.29, 1.82) is 0 Å². The van der Waals surface area contributed by atoms with Gasteiger partial charge >= 0.3 is 0 Å². The lowest BCUT2D eigenvalue weighted by atomic mass is 9.88. The van der Waals surface area contributed by atoms with Gasteiger partial charge < -0.3 is 9.53 Å². The standard InChI is InChI=1S/C12H23NO2/c1-5-12(4,10-14)9-13-6-7-15-11(2,3)8-13/h10H,5-9H2,1-4H3. The molecule has 0 saturated carbocycles. The quantitative estimate of drug-likeness (QED) is 0.666. The third-order valence-corrected chi connectivity index (χ3v) is 3.18. The second-order valence-electron chi connectivity index (χ2n) is 5.44. The Morgan fingerprint density at radius 3 is 2.67 bits per heavy atom. The van der Waals surface area contributed by atoms with E-state index < -0.39 is 0 Å². The molecule has 0 aliphatic carbocycles. The zero-order valence-electron chi connectivity index (χ0n) is 10.4. The zero-order valence-corrected chi connectivity index (χ0v) is 10.4. The number of carbonyl (C=O) groups is 1. The van der Waals surface area contributed by atoms with Crippen LogP contribution in [0.15, 0.2) is 0 Å². The van der Waals surface area contributed by atoms with E-state index in [4.69, 9.17) is 4.74 Å². The number of carbonyl (C=O) groups excluding carboxylic acids is 1. The van der Waals surface area contributed by atoms with E-state index in [1.54, 1.807) is 0 Å². The molecule has 0 spiro atoms. The molecular weight excluding hydrogens is 190 g/mol. The predicted octanol–water partition coefficient (Wildman–Crippen LogP) is 1.71. The van der Waals surface area contributed by atoms with E-state index in [1.165, 1.54) is 0 Å². The summed E-state index contributed by atoms with van der Waals surface area (Å²) in [5.41, 5.74) is -0.275. The highest BCUT2D eigenvalue weighted by atomic mass is 16.5. The molecule has 0 bridgehead atoms. The molecule has 1 rings (SSSR count). The molecule has 0 N–H and O–H groups in total. The van der Waals surface area contributed by atoms with E-state index in [0.717, 1.165) is 38.9 Å². The lowest BCUT2D eigenvalue weighted by Gasteiger charge is -2.41. The van der Waals surface area contributed by atoms with E-state index in [0.29, 0.717) is 0 Å². The van der Waals surface area contributed by atoms with Crippen molar-refractivity contribution in [2.45, 2.75) is 39.7 Å². The van der Waals surface area contributed by atoms with Gasteiger partial charge in [0.2, 0.25) is 0 Å². The smallest absolute Gasteiger partial charge is 0.127 e. The lowest BCUT2D eigenvalue weighted by Crippen LogP contribution is -2.51. The van der Waals surface area contributed by atoms with Gasteiger partial charge in [-0.3, -0.25) is 4.90 Å². The first-order chi connectivity index (χ1) is 6.91. The summed E-state index contributed by atoms with van der Waals surface area (Å²) in [4.78, 5) is 13.4. The molecule has 3 heteroatoms. The molecule has 0 aromatic heterocycles. The Morgan fingerprint density at radius 2 is 2.20 bits per heavy atom. The van der Waals surface area contributed by atoms with E-state index in [9.17, 15) is 4.79 Å². The highest BCUT2D eigenvalue weighted by Gasteiger charge is 2.31. The van der Waals surface area contributed by atoms with Crippen LogP contribution in [0, 0.1) is 5.41 Å². The molecule has 1 unspecified atom stereocenters. The van der Waals surface area contributed by atoms with Crippen molar-refractivity contribution >= 4 is 6.29 Å². The zero-order chi connectivity index (χ0) is 11.5. The van der Waals surface area contributed by atoms with Crippen LogP contribution in [-0.4, -0.2) is 43.0 Å². The summed E-state index contributed by atoms with van der Waals surface area (Å²) >= 11 is 0. The predicted molar refractivity (Wildman–Crippen MR) is 60.9 cm³/mol. The van der Waals surface area contributed by atoms with Gasteiger partial charge in [-0.25, -0.2) is 0 Å². The van der Waals surface area contributed by atoms with Gasteiger partial charge in [-0.05, 0) is 20.3 Å². The molecule has 0 radical (unpaired) electrons. The van der Waals surface area contributed by atoms with Crippen molar-refractivity contribution in [3.63, 3.8) is 0 Å². The number of aldehydes is 1. The molecule has 1 fully saturated rings. The van der Waals surface area contributed by atoms with E-state index >= 15 is 0 Å². The second kappa shape index (κ2) is 4.62. The van der Waals surface area contributed by atoms with Gasteiger partial charge in [0, 0.05) is 25.0 Å². The molecule has 0 aromatic carbocycles. The third-order valence-electron chi connectivity index (χ3n) is 3.18. The van der Waals surface area contributed by atoms with Gasteiger partial charge in [0.1, 0.15) is 6.29 Å². The van der Waals surface area contributed by atoms with Crippen molar-refractivity contribution in [2.75, 3.05) is 26.2 Å². The maximum absolute atomic E-state index is 11.0. The van der Waals surface area contributed by atoms with Crippen LogP contribution in [0.2, 0.25) is 0 Å². The van der Waals surface area contributed by atoms with Crippen molar-refractivity contribution in [3.05, 3.63) is 0 Å². The molecule has 0 aromatic rings. The van der Waals surface area contributed by atoms with Crippen molar-refractivity contribution < 1.29 is 9.53 Å². The molecule has 15 heavy (non-hydrogen) atoms. The molecule has 88 valence electrons. The van der Waals surface area contributed by atoms with Crippen LogP contribution in [0.5, 0.6) is 0 Å². The van der Waals surface area contributed by atoms with Crippen LogP contribution in [0.1, 0.15) is 34.1 Å². The maximum atomic E-state index is 11.0. The maximum Gasteiger partial charge on any atom is 0.127 e. The lowest BCUT2D eigenvalue weighted by molar-refractivity contribution is -0.121. The fourth-order valence-corrected chi connectivity index (χ4v) is 1.99. The largest absolute Gasteiger partial charge is 0.373 e. The van der Waals surface area contributed by atoms with Crippen LogP contribution in [0.25, 0.3) is 0 Å². The van der Waals surface area contributed by atoms with Gasteiger partial charge in [-0.15, -0.1) is 0 Å². The van der Waals surface area contributed by atoms with Crippen molar-refractivity contribution in [3.8, 4) is 0 Å². The Labute approximate surface area is 92.8 Å². The van der Waals surface area contributed by atoms with E-state index in [1.807, 2.05) is 6.92 Å². The van der Waals surface area contributed by atoms with Crippen LogP contribution in [0.3, 0.4) is 0 Å². The molecule has 1 heterocycles. The normalized spacial score (nSPS) is 25.9. The number of hydrogen-bond donors (Lipinski definition) is 0. The summed E-state index contributed by atoms with van der Waals surface area (Å²) in [6.45, 7) is 11.8.